The maximum atomic E-state index is 10.6. The number of hydrogen-bond donors (Lipinski definition) is 2. The highest BCUT2D eigenvalue weighted by molar-refractivity contribution is 5.67. The number of hydrogen-bond acceptors (Lipinski definition) is 2. The summed E-state index contributed by atoms with van der Waals surface area (Å²) in [5, 5.41) is 8.75. The van der Waals surface area contributed by atoms with Crippen molar-refractivity contribution in [3.8, 4) is 0 Å². The van der Waals surface area contributed by atoms with Gasteiger partial charge in [-0.25, -0.2) is 0 Å². The summed E-state index contributed by atoms with van der Waals surface area (Å²) in [7, 11) is 0. The zero-order valence-corrected chi connectivity index (χ0v) is 10.3. The van der Waals surface area contributed by atoms with E-state index in [0.29, 0.717) is 5.92 Å². The van der Waals surface area contributed by atoms with E-state index in [2.05, 4.69) is 6.92 Å². The van der Waals surface area contributed by atoms with Crippen molar-refractivity contribution in [3.05, 3.63) is 0 Å². The van der Waals surface area contributed by atoms with Crippen LogP contribution < -0.4 is 5.73 Å². The molecule has 0 bridgehead atoms. The Morgan fingerprint density at radius 1 is 1.38 bits per heavy atom. The van der Waals surface area contributed by atoms with E-state index in [1.54, 1.807) is 0 Å². The molecule has 2 atom stereocenters. The van der Waals surface area contributed by atoms with Crippen LogP contribution in [0.3, 0.4) is 0 Å². The molecular weight excluding hydrogens is 202 g/mol. The predicted molar refractivity (Wildman–Crippen MR) is 65.2 cm³/mol. The van der Waals surface area contributed by atoms with Gasteiger partial charge in [0.1, 0.15) is 0 Å². The van der Waals surface area contributed by atoms with E-state index in [1.807, 2.05) is 0 Å². The van der Waals surface area contributed by atoms with E-state index in [-0.39, 0.29) is 12.5 Å². The molecule has 3 heteroatoms. The Hall–Kier alpha value is -0.570. The van der Waals surface area contributed by atoms with Crippen molar-refractivity contribution < 1.29 is 9.90 Å². The number of carboxylic acids is 1. The number of carbonyl (C=O) groups is 1. The molecule has 0 aromatic rings. The fraction of sp³-hybridized carbons (Fsp3) is 0.923. The van der Waals surface area contributed by atoms with Crippen molar-refractivity contribution in [3.63, 3.8) is 0 Å². The minimum atomic E-state index is -0.769. The summed E-state index contributed by atoms with van der Waals surface area (Å²) < 4.78 is 0. The smallest absolute Gasteiger partial charge is 0.304 e. The van der Waals surface area contributed by atoms with Gasteiger partial charge in [0.2, 0.25) is 0 Å². The van der Waals surface area contributed by atoms with Gasteiger partial charge in [0.25, 0.3) is 0 Å². The lowest BCUT2D eigenvalue weighted by atomic mass is 9.79. The second-order valence-corrected chi connectivity index (χ2v) is 5.17. The number of aliphatic carboxylic acids is 1. The Kier molecular flexibility index (Phi) is 5.81. The molecule has 3 nitrogen and oxygen atoms in total. The molecule has 1 rings (SSSR count). The summed E-state index contributed by atoms with van der Waals surface area (Å²) in [5.74, 6) is 0.410. The number of carboxylic acid groups (broad SMARTS) is 1. The standard InChI is InChI=1S/C13H25NO2/c1-2-11(12(14)9-13(15)16)8-10-6-4-3-5-7-10/h10-12H,2-9,14H2,1H3,(H,15,16). The molecule has 0 spiro atoms. The minimum absolute atomic E-state index is 0.116. The van der Waals surface area contributed by atoms with Gasteiger partial charge in [-0.2, -0.15) is 0 Å². The van der Waals surface area contributed by atoms with Crippen LogP contribution in [0.1, 0.15) is 58.3 Å². The average Bonchev–Trinajstić information content (AvgIpc) is 2.26. The third-order valence-corrected chi connectivity index (χ3v) is 3.90. The Morgan fingerprint density at radius 3 is 2.50 bits per heavy atom. The molecule has 0 heterocycles. The molecule has 1 aliphatic carbocycles. The quantitative estimate of drug-likeness (QED) is 0.733. The molecule has 0 radical (unpaired) electrons. The summed E-state index contributed by atoms with van der Waals surface area (Å²) in [6.45, 7) is 2.12. The zero-order chi connectivity index (χ0) is 12.0. The molecule has 1 saturated carbocycles. The van der Waals surface area contributed by atoms with E-state index in [9.17, 15) is 4.79 Å². The van der Waals surface area contributed by atoms with Gasteiger partial charge >= 0.3 is 5.97 Å². The maximum Gasteiger partial charge on any atom is 0.304 e. The van der Waals surface area contributed by atoms with Crippen LogP contribution >= 0.6 is 0 Å². The summed E-state index contributed by atoms with van der Waals surface area (Å²) in [4.78, 5) is 10.6. The molecular formula is C13H25NO2. The van der Waals surface area contributed by atoms with Crippen LogP contribution in [0.4, 0.5) is 0 Å². The van der Waals surface area contributed by atoms with Crippen molar-refractivity contribution >= 4 is 5.97 Å². The van der Waals surface area contributed by atoms with E-state index in [1.165, 1.54) is 32.1 Å². The van der Waals surface area contributed by atoms with Crippen molar-refractivity contribution in [1.29, 1.82) is 0 Å². The van der Waals surface area contributed by atoms with Crippen LogP contribution in [0, 0.1) is 11.8 Å². The first-order valence-corrected chi connectivity index (χ1v) is 6.60. The van der Waals surface area contributed by atoms with Crippen LogP contribution in [0.25, 0.3) is 0 Å². The van der Waals surface area contributed by atoms with Gasteiger partial charge in [0.05, 0.1) is 6.42 Å². The van der Waals surface area contributed by atoms with Crippen molar-refractivity contribution in [2.24, 2.45) is 17.6 Å². The Morgan fingerprint density at radius 2 is 2.00 bits per heavy atom. The topological polar surface area (TPSA) is 63.3 Å². The Labute approximate surface area is 98.4 Å². The summed E-state index contributed by atoms with van der Waals surface area (Å²) in [6, 6.07) is -0.163. The first-order chi connectivity index (χ1) is 7.63. The van der Waals surface area contributed by atoms with Crippen molar-refractivity contribution in [2.75, 3.05) is 0 Å². The van der Waals surface area contributed by atoms with Crippen LogP contribution in [0.15, 0.2) is 0 Å². The molecule has 0 saturated heterocycles. The molecule has 3 N–H and O–H groups in total. The van der Waals surface area contributed by atoms with Crippen molar-refractivity contribution in [1.82, 2.24) is 0 Å². The van der Waals surface area contributed by atoms with E-state index >= 15 is 0 Å². The highest BCUT2D eigenvalue weighted by Gasteiger charge is 2.23. The summed E-state index contributed by atoms with van der Waals surface area (Å²) >= 11 is 0. The summed E-state index contributed by atoms with van der Waals surface area (Å²) in [5.41, 5.74) is 5.97. The third-order valence-electron chi connectivity index (χ3n) is 3.90. The third kappa shape index (κ3) is 4.52. The lowest BCUT2D eigenvalue weighted by molar-refractivity contribution is -0.137. The van der Waals surface area contributed by atoms with Gasteiger partial charge in [-0.15, -0.1) is 0 Å². The lowest BCUT2D eigenvalue weighted by Crippen LogP contribution is -2.33. The molecule has 1 fully saturated rings. The van der Waals surface area contributed by atoms with Gasteiger partial charge in [0, 0.05) is 6.04 Å². The van der Waals surface area contributed by atoms with Crippen LogP contribution in [0.2, 0.25) is 0 Å². The second kappa shape index (κ2) is 6.89. The van der Waals surface area contributed by atoms with E-state index in [4.69, 9.17) is 10.8 Å². The predicted octanol–water partition coefficient (Wildman–Crippen LogP) is 2.79. The highest BCUT2D eigenvalue weighted by atomic mass is 16.4. The SMILES string of the molecule is CCC(CC1CCCCC1)C(N)CC(=O)O. The fourth-order valence-electron chi connectivity index (χ4n) is 2.86. The van der Waals surface area contributed by atoms with Gasteiger partial charge in [-0.1, -0.05) is 45.4 Å². The average molecular weight is 227 g/mol. The minimum Gasteiger partial charge on any atom is -0.481 e. The molecule has 0 aliphatic heterocycles. The normalized spacial score (nSPS) is 21.6. The van der Waals surface area contributed by atoms with Crippen LogP contribution in [-0.2, 0) is 4.79 Å². The van der Waals surface area contributed by atoms with Gasteiger partial charge in [-0.05, 0) is 18.3 Å². The van der Waals surface area contributed by atoms with Gasteiger partial charge in [0.15, 0.2) is 0 Å². The Balaban J connectivity index is 2.37. The molecule has 94 valence electrons. The fourth-order valence-corrected chi connectivity index (χ4v) is 2.86. The van der Waals surface area contributed by atoms with Crippen LogP contribution in [0.5, 0.6) is 0 Å². The van der Waals surface area contributed by atoms with Crippen molar-refractivity contribution in [2.45, 2.75) is 64.3 Å². The zero-order valence-electron chi connectivity index (χ0n) is 10.3. The molecule has 0 amide bonds. The Bertz CT molecular complexity index is 212. The molecule has 2 unspecified atom stereocenters. The lowest BCUT2D eigenvalue weighted by Gasteiger charge is -2.28. The monoisotopic (exact) mass is 227 g/mol. The van der Waals surface area contributed by atoms with E-state index in [0.717, 1.165) is 18.8 Å². The first kappa shape index (κ1) is 13.5. The highest BCUT2D eigenvalue weighted by Crippen LogP contribution is 2.31. The molecule has 0 aromatic carbocycles. The largest absolute Gasteiger partial charge is 0.481 e. The van der Waals surface area contributed by atoms with Crippen LogP contribution in [-0.4, -0.2) is 17.1 Å². The molecule has 16 heavy (non-hydrogen) atoms. The first-order valence-electron chi connectivity index (χ1n) is 6.60. The number of rotatable bonds is 6. The molecule has 0 aromatic heterocycles. The number of nitrogens with two attached hydrogens (primary N) is 1. The van der Waals surface area contributed by atoms with Gasteiger partial charge in [-0.3, -0.25) is 4.79 Å². The van der Waals surface area contributed by atoms with Gasteiger partial charge < -0.3 is 10.8 Å². The van der Waals surface area contributed by atoms with E-state index < -0.39 is 5.97 Å². The second-order valence-electron chi connectivity index (χ2n) is 5.17. The summed E-state index contributed by atoms with van der Waals surface area (Å²) in [6.07, 6.45) is 8.94. The molecule has 1 aliphatic rings. The maximum absolute atomic E-state index is 10.6.